The molecule has 1 aromatic carbocycles. The molecule has 0 fully saturated rings. The first-order chi connectivity index (χ1) is 15.1. The first kappa shape index (κ1) is 25.3. The fourth-order valence-electron chi connectivity index (χ4n) is 3.80. The predicted octanol–water partition coefficient (Wildman–Crippen LogP) is 7.98. The molecule has 0 radical (unpaired) electrons. The Bertz CT molecular complexity index is 702. The number of nitrogens with zero attached hydrogens (tertiary/aromatic N) is 2. The first-order valence-corrected chi connectivity index (χ1v) is 12.3. The zero-order valence-electron chi connectivity index (χ0n) is 19.8. The quantitative estimate of drug-likeness (QED) is 0.254. The van der Waals surface area contributed by atoms with Crippen molar-refractivity contribution in [3.8, 4) is 17.1 Å². The Morgan fingerprint density at radius 2 is 1.45 bits per heavy atom. The van der Waals surface area contributed by atoms with E-state index in [0.717, 1.165) is 24.8 Å². The molecular weight excluding hydrogens is 387 g/mol. The van der Waals surface area contributed by atoms with Gasteiger partial charge in [-0.2, -0.15) is 0 Å². The minimum absolute atomic E-state index is 0.00880. The van der Waals surface area contributed by atoms with Gasteiger partial charge in [-0.3, -0.25) is 0 Å². The summed E-state index contributed by atoms with van der Waals surface area (Å²) in [6.07, 6.45) is 16.0. The molecule has 3 nitrogen and oxygen atoms in total. The van der Waals surface area contributed by atoms with Crippen LogP contribution in [0.1, 0.15) is 90.5 Å². The second kappa shape index (κ2) is 14.9. The van der Waals surface area contributed by atoms with Gasteiger partial charge in [0, 0.05) is 5.56 Å². The van der Waals surface area contributed by atoms with Gasteiger partial charge >= 0.3 is 0 Å². The summed E-state index contributed by atoms with van der Waals surface area (Å²) >= 11 is 0. The van der Waals surface area contributed by atoms with Gasteiger partial charge in [-0.25, -0.2) is 14.4 Å². The van der Waals surface area contributed by atoms with E-state index in [4.69, 9.17) is 4.74 Å². The lowest BCUT2D eigenvalue weighted by Gasteiger charge is -2.16. The van der Waals surface area contributed by atoms with E-state index >= 15 is 0 Å². The van der Waals surface area contributed by atoms with Gasteiger partial charge in [-0.1, -0.05) is 96.4 Å². The lowest BCUT2D eigenvalue weighted by molar-refractivity contribution is 0.142. The second-order valence-corrected chi connectivity index (χ2v) is 8.76. The summed E-state index contributed by atoms with van der Waals surface area (Å²) in [5, 5.41) is 0. The number of halogens is 1. The molecule has 4 heteroatoms. The maximum atomic E-state index is 14.1. The van der Waals surface area contributed by atoms with E-state index < -0.39 is 6.17 Å². The summed E-state index contributed by atoms with van der Waals surface area (Å²) < 4.78 is 19.6. The fraction of sp³-hybridized carbons (Fsp3) is 0.630. The van der Waals surface area contributed by atoms with Crippen LogP contribution in [0.25, 0.3) is 11.4 Å². The molecule has 0 bridgehead atoms. The van der Waals surface area contributed by atoms with Crippen LogP contribution in [0.3, 0.4) is 0 Å². The summed E-state index contributed by atoms with van der Waals surface area (Å²) in [5.74, 6) is 1.19. The van der Waals surface area contributed by atoms with Gasteiger partial charge in [-0.15, -0.1) is 0 Å². The maximum absolute atomic E-state index is 14.1. The molecule has 1 heterocycles. The number of aryl methyl sites for hydroxylation is 1. The number of alkyl halides is 1. The number of rotatable bonds is 16. The summed E-state index contributed by atoms with van der Waals surface area (Å²) in [6, 6.07) is 8.51. The molecule has 0 amide bonds. The van der Waals surface area contributed by atoms with Crippen molar-refractivity contribution in [3.63, 3.8) is 0 Å². The van der Waals surface area contributed by atoms with E-state index in [2.05, 4.69) is 48.1 Å². The maximum Gasteiger partial charge on any atom is 0.159 e. The zero-order chi connectivity index (χ0) is 22.3. The summed E-state index contributed by atoms with van der Waals surface area (Å²) in [7, 11) is 0. The topological polar surface area (TPSA) is 35.0 Å². The van der Waals surface area contributed by atoms with Crippen LogP contribution in [-0.2, 0) is 6.42 Å². The molecular formula is C27H41FN2O. The Morgan fingerprint density at radius 3 is 2.06 bits per heavy atom. The highest BCUT2D eigenvalue weighted by Crippen LogP contribution is 2.20. The number of benzene rings is 1. The number of hydrogen-bond donors (Lipinski definition) is 0. The molecule has 2 unspecified atom stereocenters. The number of aromatic nitrogens is 2. The second-order valence-electron chi connectivity index (χ2n) is 8.76. The van der Waals surface area contributed by atoms with Crippen molar-refractivity contribution >= 4 is 0 Å². The highest BCUT2D eigenvalue weighted by atomic mass is 19.1. The molecule has 0 saturated carbocycles. The van der Waals surface area contributed by atoms with Crippen molar-refractivity contribution in [1.29, 1.82) is 0 Å². The van der Waals surface area contributed by atoms with Gasteiger partial charge in [0.25, 0.3) is 0 Å². The first-order valence-electron chi connectivity index (χ1n) is 12.3. The highest BCUT2D eigenvalue weighted by molar-refractivity contribution is 5.55. The molecule has 0 aliphatic heterocycles. The molecule has 0 spiro atoms. The summed E-state index contributed by atoms with van der Waals surface area (Å²) in [4.78, 5) is 8.79. The minimum atomic E-state index is -0.965. The number of ether oxygens (including phenoxy) is 1. The summed E-state index contributed by atoms with van der Waals surface area (Å²) in [5.41, 5.74) is 2.36. The Hall–Kier alpha value is -1.97. The van der Waals surface area contributed by atoms with Crippen LogP contribution in [0, 0.1) is 5.92 Å². The lowest BCUT2D eigenvalue weighted by Crippen LogP contribution is -2.21. The standard InChI is InChI=1S/C27H41FN2O/c1-4-6-7-8-9-10-11-12-14-23-15-17-24(18-16-23)27-29-19-25(20-30-27)31-21-26(28)22(3)13-5-2/h15-20,22,26H,4-14,21H2,1-3H3. The van der Waals surface area contributed by atoms with Crippen molar-refractivity contribution in [1.82, 2.24) is 9.97 Å². The van der Waals surface area contributed by atoms with E-state index in [1.54, 1.807) is 12.4 Å². The van der Waals surface area contributed by atoms with Crippen LogP contribution in [0.4, 0.5) is 4.39 Å². The van der Waals surface area contributed by atoms with Crippen LogP contribution in [0.5, 0.6) is 5.75 Å². The van der Waals surface area contributed by atoms with Crippen LogP contribution < -0.4 is 4.74 Å². The van der Waals surface area contributed by atoms with Crippen molar-refractivity contribution < 1.29 is 9.13 Å². The van der Waals surface area contributed by atoms with Gasteiger partial charge < -0.3 is 4.74 Å². The molecule has 2 aromatic rings. The van der Waals surface area contributed by atoms with Gasteiger partial charge in [0.05, 0.1) is 12.4 Å². The van der Waals surface area contributed by atoms with Crippen LogP contribution in [-0.4, -0.2) is 22.7 Å². The van der Waals surface area contributed by atoms with Gasteiger partial charge in [0.15, 0.2) is 11.6 Å². The van der Waals surface area contributed by atoms with Gasteiger partial charge in [-0.05, 0) is 30.7 Å². The van der Waals surface area contributed by atoms with Crippen molar-refractivity contribution in [2.45, 2.75) is 97.6 Å². The third-order valence-electron chi connectivity index (χ3n) is 5.93. The third kappa shape index (κ3) is 9.80. The smallest absolute Gasteiger partial charge is 0.159 e. The molecule has 1 aromatic heterocycles. The van der Waals surface area contributed by atoms with E-state index in [1.807, 2.05) is 6.92 Å². The van der Waals surface area contributed by atoms with Crippen LogP contribution >= 0.6 is 0 Å². The molecule has 0 aliphatic rings. The normalized spacial score (nSPS) is 13.2. The van der Waals surface area contributed by atoms with E-state index in [9.17, 15) is 4.39 Å². The average Bonchev–Trinajstić information content (AvgIpc) is 2.80. The molecule has 172 valence electrons. The fourth-order valence-corrected chi connectivity index (χ4v) is 3.80. The van der Waals surface area contributed by atoms with Gasteiger partial charge in [0.2, 0.25) is 0 Å². The average molecular weight is 429 g/mol. The monoisotopic (exact) mass is 428 g/mol. The Morgan fingerprint density at radius 1 is 0.839 bits per heavy atom. The van der Waals surface area contributed by atoms with E-state index in [1.165, 1.54) is 56.9 Å². The summed E-state index contributed by atoms with van der Waals surface area (Å²) in [6.45, 7) is 6.31. The molecule has 31 heavy (non-hydrogen) atoms. The van der Waals surface area contributed by atoms with Crippen LogP contribution in [0.15, 0.2) is 36.7 Å². The molecule has 0 N–H and O–H groups in total. The van der Waals surface area contributed by atoms with Gasteiger partial charge in [0.1, 0.15) is 12.8 Å². The van der Waals surface area contributed by atoms with Crippen molar-refractivity contribution in [2.75, 3.05) is 6.61 Å². The van der Waals surface area contributed by atoms with Crippen molar-refractivity contribution in [3.05, 3.63) is 42.2 Å². The zero-order valence-corrected chi connectivity index (χ0v) is 19.8. The Balaban J connectivity index is 1.72. The van der Waals surface area contributed by atoms with E-state index in [0.29, 0.717) is 11.6 Å². The molecule has 0 aliphatic carbocycles. The van der Waals surface area contributed by atoms with Crippen LogP contribution in [0.2, 0.25) is 0 Å². The highest BCUT2D eigenvalue weighted by Gasteiger charge is 2.16. The molecule has 0 saturated heterocycles. The SMILES string of the molecule is CCCCCCCCCCc1ccc(-c2ncc(OCC(F)C(C)CCC)cn2)cc1. The van der Waals surface area contributed by atoms with Crippen molar-refractivity contribution in [2.24, 2.45) is 5.92 Å². The Labute approximate surface area is 188 Å². The minimum Gasteiger partial charge on any atom is -0.487 e. The molecule has 2 atom stereocenters. The Kier molecular flexibility index (Phi) is 12.2. The molecule has 2 rings (SSSR count). The van der Waals surface area contributed by atoms with E-state index in [-0.39, 0.29) is 12.5 Å². The lowest BCUT2D eigenvalue weighted by atomic mass is 10.0. The third-order valence-corrected chi connectivity index (χ3v) is 5.93. The predicted molar refractivity (Wildman–Crippen MR) is 128 cm³/mol. The largest absolute Gasteiger partial charge is 0.487 e. The number of hydrogen-bond acceptors (Lipinski definition) is 3. The number of unbranched alkanes of at least 4 members (excludes halogenated alkanes) is 7.